The number of hydrogen-bond acceptors (Lipinski definition) is 2. The topological polar surface area (TPSA) is 29.1 Å². The zero-order chi connectivity index (χ0) is 12.0. The third-order valence-electron chi connectivity index (χ3n) is 3.56. The van der Waals surface area contributed by atoms with Crippen LogP contribution in [0.3, 0.4) is 0 Å². The van der Waals surface area contributed by atoms with Crippen LogP contribution in [0.15, 0.2) is 0 Å². The van der Waals surface area contributed by atoms with E-state index in [4.69, 9.17) is 0 Å². The monoisotopic (exact) mass is 245 g/mol. The van der Waals surface area contributed by atoms with Crippen LogP contribution in [-0.2, 0) is 10.8 Å². The fourth-order valence-electron chi connectivity index (χ4n) is 2.42. The predicted molar refractivity (Wildman–Crippen MR) is 72.2 cm³/mol. The lowest BCUT2D eigenvalue weighted by molar-refractivity contribution is 0.498. The second-order valence-electron chi connectivity index (χ2n) is 5.34. The highest BCUT2D eigenvalue weighted by molar-refractivity contribution is 7.85. The molecule has 1 aliphatic carbocycles. The average molecular weight is 245 g/mol. The fourth-order valence-corrected chi connectivity index (χ4v) is 4.50. The van der Waals surface area contributed by atoms with Crippen LogP contribution in [0.2, 0.25) is 0 Å². The quantitative estimate of drug-likeness (QED) is 0.755. The summed E-state index contributed by atoms with van der Waals surface area (Å²) in [6.07, 6.45) is 7.32. The molecule has 3 unspecified atom stereocenters. The standard InChI is InChI=1S/C13H27NOS/c1-11(2)9-10-16(15)13-8-6-4-5-7-12(13)14-3/h11-14H,4-10H2,1-3H3. The zero-order valence-electron chi connectivity index (χ0n) is 11.0. The van der Waals surface area contributed by atoms with E-state index in [9.17, 15) is 4.21 Å². The van der Waals surface area contributed by atoms with Gasteiger partial charge in [0.25, 0.3) is 0 Å². The summed E-state index contributed by atoms with van der Waals surface area (Å²) in [5, 5.41) is 3.76. The molecule has 0 heterocycles. The van der Waals surface area contributed by atoms with Gasteiger partial charge in [-0.1, -0.05) is 33.1 Å². The van der Waals surface area contributed by atoms with Crippen molar-refractivity contribution >= 4 is 10.8 Å². The highest BCUT2D eigenvalue weighted by Crippen LogP contribution is 2.22. The predicted octanol–water partition coefficient (Wildman–Crippen LogP) is 2.70. The Morgan fingerprint density at radius 2 is 1.94 bits per heavy atom. The number of hydrogen-bond donors (Lipinski definition) is 1. The van der Waals surface area contributed by atoms with Crippen LogP contribution in [0.5, 0.6) is 0 Å². The number of nitrogens with one attached hydrogen (secondary N) is 1. The van der Waals surface area contributed by atoms with E-state index in [0.717, 1.165) is 18.6 Å². The molecule has 16 heavy (non-hydrogen) atoms. The van der Waals surface area contributed by atoms with Gasteiger partial charge < -0.3 is 5.32 Å². The van der Waals surface area contributed by atoms with E-state index < -0.39 is 10.8 Å². The van der Waals surface area contributed by atoms with Crippen LogP contribution in [0.1, 0.15) is 52.4 Å². The second kappa shape index (κ2) is 7.44. The maximum Gasteiger partial charge on any atom is 0.0501 e. The molecule has 0 amide bonds. The summed E-state index contributed by atoms with van der Waals surface area (Å²) in [7, 11) is 1.39. The van der Waals surface area contributed by atoms with Gasteiger partial charge in [-0.2, -0.15) is 0 Å². The molecule has 1 rings (SSSR count). The minimum Gasteiger partial charge on any atom is -0.316 e. The summed E-state index contributed by atoms with van der Waals surface area (Å²) in [5.41, 5.74) is 0. The molecule has 0 spiro atoms. The van der Waals surface area contributed by atoms with Gasteiger partial charge in [-0.3, -0.25) is 4.21 Å². The van der Waals surface area contributed by atoms with Crippen LogP contribution in [-0.4, -0.2) is 28.3 Å². The summed E-state index contributed by atoms with van der Waals surface area (Å²) < 4.78 is 12.3. The van der Waals surface area contributed by atoms with E-state index in [2.05, 4.69) is 19.2 Å². The molecule has 96 valence electrons. The van der Waals surface area contributed by atoms with Gasteiger partial charge in [-0.05, 0) is 32.2 Å². The van der Waals surface area contributed by atoms with Gasteiger partial charge in [0, 0.05) is 22.6 Å². The highest BCUT2D eigenvalue weighted by atomic mass is 32.2. The van der Waals surface area contributed by atoms with Gasteiger partial charge in [0.2, 0.25) is 0 Å². The summed E-state index contributed by atoms with van der Waals surface area (Å²) in [6.45, 7) is 4.42. The zero-order valence-corrected chi connectivity index (χ0v) is 11.8. The van der Waals surface area contributed by atoms with Crippen molar-refractivity contribution in [1.82, 2.24) is 5.32 Å². The van der Waals surface area contributed by atoms with E-state index in [1.165, 1.54) is 25.7 Å². The first-order chi connectivity index (χ1) is 7.65. The SMILES string of the molecule is CNC1CCCCCC1S(=O)CCC(C)C. The van der Waals surface area contributed by atoms with E-state index in [1.54, 1.807) is 0 Å². The van der Waals surface area contributed by atoms with Crippen LogP contribution in [0, 0.1) is 5.92 Å². The molecular weight excluding hydrogens is 218 g/mol. The van der Waals surface area contributed by atoms with Crippen molar-refractivity contribution in [2.45, 2.75) is 63.7 Å². The summed E-state index contributed by atoms with van der Waals surface area (Å²) in [5.74, 6) is 1.56. The maximum atomic E-state index is 12.3. The molecule has 1 aliphatic rings. The summed E-state index contributed by atoms with van der Waals surface area (Å²) in [6, 6.07) is 0.482. The third kappa shape index (κ3) is 4.54. The molecule has 0 aromatic heterocycles. The van der Waals surface area contributed by atoms with Crippen molar-refractivity contribution in [3.05, 3.63) is 0 Å². The molecule has 2 nitrogen and oxygen atoms in total. The summed E-state index contributed by atoms with van der Waals surface area (Å²) in [4.78, 5) is 0. The first-order valence-electron chi connectivity index (χ1n) is 6.69. The number of rotatable bonds is 5. The van der Waals surface area contributed by atoms with Crippen LogP contribution in [0.4, 0.5) is 0 Å². The first-order valence-corrected chi connectivity index (χ1v) is 8.07. The molecular formula is C13H27NOS. The minimum absolute atomic E-state index is 0.395. The van der Waals surface area contributed by atoms with Crippen molar-refractivity contribution in [3.8, 4) is 0 Å². The van der Waals surface area contributed by atoms with Crippen molar-refractivity contribution in [2.75, 3.05) is 12.8 Å². The molecule has 0 radical (unpaired) electrons. The molecule has 1 fully saturated rings. The van der Waals surface area contributed by atoms with E-state index in [-0.39, 0.29) is 0 Å². The van der Waals surface area contributed by atoms with Crippen LogP contribution < -0.4 is 5.32 Å². The Hall–Kier alpha value is 0.110. The Bertz CT molecular complexity index is 218. The van der Waals surface area contributed by atoms with Crippen molar-refractivity contribution < 1.29 is 4.21 Å². The molecule has 3 atom stereocenters. The van der Waals surface area contributed by atoms with Gasteiger partial charge in [0.1, 0.15) is 0 Å². The van der Waals surface area contributed by atoms with Gasteiger partial charge in [-0.25, -0.2) is 0 Å². The summed E-state index contributed by atoms with van der Waals surface area (Å²) >= 11 is 0. The smallest absolute Gasteiger partial charge is 0.0501 e. The molecule has 0 aromatic rings. The molecule has 0 aliphatic heterocycles. The van der Waals surface area contributed by atoms with Crippen molar-refractivity contribution in [2.24, 2.45) is 5.92 Å². The normalized spacial score (nSPS) is 29.0. The Morgan fingerprint density at radius 3 is 2.56 bits per heavy atom. The Morgan fingerprint density at radius 1 is 1.25 bits per heavy atom. The Balaban J connectivity index is 2.49. The van der Waals surface area contributed by atoms with Crippen LogP contribution in [0.25, 0.3) is 0 Å². The van der Waals surface area contributed by atoms with Gasteiger partial charge in [-0.15, -0.1) is 0 Å². The van der Waals surface area contributed by atoms with Crippen molar-refractivity contribution in [1.29, 1.82) is 0 Å². The highest BCUT2D eigenvalue weighted by Gasteiger charge is 2.27. The maximum absolute atomic E-state index is 12.3. The van der Waals surface area contributed by atoms with Gasteiger partial charge >= 0.3 is 0 Å². The van der Waals surface area contributed by atoms with Crippen molar-refractivity contribution in [3.63, 3.8) is 0 Å². The van der Waals surface area contributed by atoms with Crippen LogP contribution >= 0.6 is 0 Å². The molecule has 0 bridgehead atoms. The first kappa shape index (κ1) is 14.2. The Kier molecular flexibility index (Phi) is 6.59. The lowest BCUT2D eigenvalue weighted by Gasteiger charge is -2.24. The molecule has 0 saturated heterocycles. The molecule has 1 saturated carbocycles. The van der Waals surface area contributed by atoms with E-state index >= 15 is 0 Å². The molecule has 0 aromatic carbocycles. The molecule has 1 N–H and O–H groups in total. The third-order valence-corrected chi connectivity index (χ3v) is 5.44. The van der Waals surface area contributed by atoms with Gasteiger partial charge in [0.15, 0.2) is 0 Å². The van der Waals surface area contributed by atoms with E-state index in [0.29, 0.717) is 17.2 Å². The Labute approximate surface area is 103 Å². The van der Waals surface area contributed by atoms with E-state index in [1.807, 2.05) is 7.05 Å². The lowest BCUT2D eigenvalue weighted by Crippen LogP contribution is -2.40. The van der Waals surface area contributed by atoms with Gasteiger partial charge in [0.05, 0.1) is 5.25 Å². The largest absolute Gasteiger partial charge is 0.316 e. The lowest BCUT2D eigenvalue weighted by atomic mass is 10.1. The fraction of sp³-hybridized carbons (Fsp3) is 1.00. The minimum atomic E-state index is -0.631. The molecule has 3 heteroatoms. The average Bonchev–Trinajstić information content (AvgIpc) is 2.50. The second-order valence-corrected chi connectivity index (χ2v) is 7.11.